The molecule has 2 N–H and O–H groups in total. The van der Waals surface area contributed by atoms with Crippen LogP contribution in [-0.2, 0) is 16.0 Å². The van der Waals surface area contributed by atoms with Gasteiger partial charge in [-0.05, 0) is 37.3 Å². The lowest BCUT2D eigenvalue weighted by molar-refractivity contribution is -0.131. The van der Waals surface area contributed by atoms with E-state index in [1.54, 1.807) is 12.1 Å². The van der Waals surface area contributed by atoms with Crippen LogP contribution in [0, 0.1) is 12.7 Å². The second-order valence-corrected chi connectivity index (χ2v) is 6.66. The van der Waals surface area contributed by atoms with Gasteiger partial charge in [0.2, 0.25) is 11.8 Å². The first-order valence-corrected chi connectivity index (χ1v) is 9.07. The van der Waals surface area contributed by atoms with Crippen molar-refractivity contribution in [3.63, 3.8) is 0 Å². The Labute approximate surface area is 157 Å². The first-order valence-electron chi connectivity index (χ1n) is 9.07. The topological polar surface area (TPSA) is 81.3 Å². The van der Waals surface area contributed by atoms with Crippen molar-refractivity contribution in [1.29, 1.82) is 0 Å². The van der Waals surface area contributed by atoms with Gasteiger partial charge in [-0.3, -0.25) is 14.7 Å². The highest BCUT2D eigenvalue weighted by atomic mass is 19.1. The van der Waals surface area contributed by atoms with E-state index in [-0.39, 0.29) is 30.5 Å². The lowest BCUT2D eigenvalue weighted by Gasteiger charge is -2.36. The number of amides is 2. The van der Waals surface area contributed by atoms with Crippen LogP contribution >= 0.6 is 0 Å². The number of nitrogens with zero attached hydrogens (tertiary/aromatic N) is 3. The molecule has 2 heterocycles. The van der Waals surface area contributed by atoms with Crippen molar-refractivity contribution in [2.75, 3.05) is 37.6 Å². The van der Waals surface area contributed by atoms with E-state index < -0.39 is 0 Å². The Hall–Kier alpha value is -2.90. The Balaban J connectivity index is 1.36. The number of anilines is 1. The summed E-state index contributed by atoms with van der Waals surface area (Å²) in [7, 11) is 0. The average molecular weight is 373 g/mol. The van der Waals surface area contributed by atoms with Crippen molar-refractivity contribution in [1.82, 2.24) is 20.4 Å². The van der Waals surface area contributed by atoms with Crippen molar-refractivity contribution in [2.45, 2.75) is 19.8 Å². The molecule has 1 aromatic carbocycles. The highest BCUT2D eigenvalue weighted by Gasteiger charge is 2.21. The van der Waals surface area contributed by atoms with Crippen LogP contribution in [0.15, 0.2) is 30.3 Å². The summed E-state index contributed by atoms with van der Waals surface area (Å²) >= 11 is 0. The lowest BCUT2D eigenvalue weighted by atomic mass is 10.2. The molecule has 2 aromatic rings. The molecule has 0 radical (unpaired) electrons. The molecule has 8 heteroatoms. The van der Waals surface area contributed by atoms with Gasteiger partial charge in [0.1, 0.15) is 5.82 Å². The molecule has 1 aliphatic heterocycles. The van der Waals surface area contributed by atoms with Gasteiger partial charge in [0.15, 0.2) is 0 Å². The van der Waals surface area contributed by atoms with Gasteiger partial charge in [-0.1, -0.05) is 0 Å². The summed E-state index contributed by atoms with van der Waals surface area (Å²) in [5.41, 5.74) is 2.56. The van der Waals surface area contributed by atoms with Crippen LogP contribution in [0.1, 0.15) is 17.8 Å². The van der Waals surface area contributed by atoms with Crippen LogP contribution in [0.25, 0.3) is 0 Å². The standard InChI is InChI=1S/C19H24FN5O2/c1-14-12-16(23-22-14)13-18(26)21-7-6-19(27)25-10-8-24(9-11-25)17-4-2-15(20)3-5-17/h2-5,12H,6-11,13H2,1H3,(H,21,26)(H,22,23). The average Bonchev–Trinajstić information content (AvgIpc) is 3.07. The molecule has 3 rings (SSSR count). The molecule has 1 aromatic heterocycles. The summed E-state index contributed by atoms with van der Waals surface area (Å²) in [4.78, 5) is 28.1. The molecule has 7 nitrogen and oxygen atoms in total. The number of benzene rings is 1. The summed E-state index contributed by atoms with van der Waals surface area (Å²) < 4.78 is 13.0. The highest BCUT2D eigenvalue weighted by Crippen LogP contribution is 2.17. The first kappa shape index (κ1) is 18.9. The van der Waals surface area contributed by atoms with Crippen LogP contribution in [0.5, 0.6) is 0 Å². The molecule has 0 spiro atoms. The molecule has 0 saturated carbocycles. The molecule has 1 saturated heterocycles. The van der Waals surface area contributed by atoms with Gasteiger partial charge in [-0.25, -0.2) is 4.39 Å². The van der Waals surface area contributed by atoms with E-state index >= 15 is 0 Å². The Morgan fingerprint density at radius 3 is 2.52 bits per heavy atom. The van der Waals surface area contributed by atoms with E-state index in [9.17, 15) is 14.0 Å². The van der Waals surface area contributed by atoms with E-state index in [0.29, 0.717) is 38.4 Å². The fraction of sp³-hybridized carbons (Fsp3) is 0.421. The highest BCUT2D eigenvalue weighted by molar-refractivity contribution is 5.80. The van der Waals surface area contributed by atoms with Crippen molar-refractivity contribution < 1.29 is 14.0 Å². The number of H-pyrrole nitrogens is 1. The van der Waals surface area contributed by atoms with Gasteiger partial charge < -0.3 is 15.1 Å². The smallest absolute Gasteiger partial charge is 0.226 e. The Bertz CT molecular complexity index is 782. The molecule has 1 aliphatic rings. The van der Waals surface area contributed by atoms with Crippen LogP contribution in [0.3, 0.4) is 0 Å². The molecule has 0 aliphatic carbocycles. The third-order valence-corrected chi connectivity index (χ3v) is 4.59. The monoisotopic (exact) mass is 373 g/mol. The molecule has 144 valence electrons. The second-order valence-electron chi connectivity index (χ2n) is 6.66. The lowest BCUT2D eigenvalue weighted by Crippen LogP contribution is -2.49. The molecule has 27 heavy (non-hydrogen) atoms. The van der Waals surface area contributed by atoms with E-state index in [1.807, 2.05) is 17.9 Å². The van der Waals surface area contributed by atoms with Crippen LogP contribution in [-0.4, -0.2) is 59.6 Å². The fourth-order valence-corrected chi connectivity index (χ4v) is 3.12. The molecule has 0 bridgehead atoms. The zero-order chi connectivity index (χ0) is 19.2. The number of rotatable bonds is 6. The minimum atomic E-state index is -0.253. The van der Waals surface area contributed by atoms with Gasteiger partial charge in [0, 0.05) is 50.5 Å². The third-order valence-electron chi connectivity index (χ3n) is 4.59. The number of carbonyl (C=O) groups is 2. The number of nitrogens with one attached hydrogen (secondary N) is 2. The maximum atomic E-state index is 13.0. The van der Waals surface area contributed by atoms with Gasteiger partial charge in [-0.15, -0.1) is 0 Å². The number of hydrogen-bond acceptors (Lipinski definition) is 4. The van der Waals surface area contributed by atoms with Crippen molar-refractivity contribution >= 4 is 17.5 Å². The summed E-state index contributed by atoms with van der Waals surface area (Å²) in [5.74, 6) is -0.364. The van der Waals surface area contributed by atoms with Gasteiger partial charge >= 0.3 is 0 Å². The maximum Gasteiger partial charge on any atom is 0.226 e. The summed E-state index contributed by atoms with van der Waals surface area (Å²) in [6.07, 6.45) is 0.483. The van der Waals surface area contributed by atoms with Gasteiger partial charge in [-0.2, -0.15) is 5.10 Å². The molecule has 1 fully saturated rings. The summed E-state index contributed by atoms with van der Waals surface area (Å²) in [6, 6.07) is 8.22. The van der Waals surface area contributed by atoms with E-state index in [4.69, 9.17) is 0 Å². The zero-order valence-corrected chi connectivity index (χ0v) is 15.4. The number of hydrogen-bond donors (Lipinski definition) is 2. The predicted octanol–water partition coefficient (Wildman–Crippen LogP) is 1.25. The number of halogens is 1. The van der Waals surface area contributed by atoms with Crippen LogP contribution in [0.2, 0.25) is 0 Å². The Morgan fingerprint density at radius 2 is 1.89 bits per heavy atom. The van der Waals surface area contributed by atoms with Crippen molar-refractivity contribution in [3.8, 4) is 0 Å². The van der Waals surface area contributed by atoms with Crippen molar-refractivity contribution in [2.24, 2.45) is 0 Å². The van der Waals surface area contributed by atoms with Crippen molar-refractivity contribution in [3.05, 3.63) is 47.5 Å². The third kappa shape index (κ3) is 5.29. The normalized spacial score (nSPS) is 14.3. The van der Waals surface area contributed by atoms with Crippen LogP contribution in [0.4, 0.5) is 10.1 Å². The summed E-state index contributed by atoms with van der Waals surface area (Å²) in [5, 5.41) is 9.58. The number of aryl methyl sites for hydroxylation is 1. The number of aromatic amines is 1. The number of aromatic nitrogens is 2. The van der Waals surface area contributed by atoms with Gasteiger partial charge in [0.05, 0.1) is 12.1 Å². The van der Waals surface area contributed by atoms with Crippen LogP contribution < -0.4 is 10.2 Å². The first-order chi connectivity index (χ1) is 13.0. The SMILES string of the molecule is Cc1cc(CC(=O)NCCC(=O)N2CCN(c3ccc(F)cc3)CC2)n[nH]1. The van der Waals surface area contributed by atoms with E-state index in [0.717, 1.165) is 11.4 Å². The minimum absolute atomic E-state index is 0.0321. The summed E-state index contributed by atoms with van der Waals surface area (Å²) in [6.45, 7) is 4.86. The second kappa shape index (κ2) is 8.66. The Kier molecular flexibility index (Phi) is 6.05. The molecule has 0 atom stereocenters. The fourth-order valence-electron chi connectivity index (χ4n) is 3.12. The van der Waals surface area contributed by atoms with E-state index in [1.165, 1.54) is 12.1 Å². The predicted molar refractivity (Wildman–Crippen MR) is 99.8 cm³/mol. The Morgan fingerprint density at radius 1 is 1.19 bits per heavy atom. The molecular weight excluding hydrogens is 349 g/mol. The van der Waals surface area contributed by atoms with E-state index in [2.05, 4.69) is 20.4 Å². The molecule has 0 unspecified atom stereocenters. The largest absolute Gasteiger partial charge is 0.368 e. The zero-order valence-electron chi connectivity index (χ0n) is 15.4. The minimum Gasteiger partial charge on any atom is -0.368 e. The number of piperazine rings is 1. The van der Waals surface area contributed by atoms with Gasteiger partial charge in [0.25, 0.3) is 0 Å². The quantitative estimate of drug-likeness (QED) is 0.799. The maximum absolute atomic E-state index is 13.0. The molecule has 2 amide bonds. The molecular formula is C19H24FN5O2. The number of carbonyl (C=O) groups excluding carboxylic acids is 2.